The molecule has 0 aliphatic carbocycles. The van der Waals surface area contributed by atoms with Crippen LogP contribution < -0.4 is 0 Å². The predicted molar refractivity (Wildman–Crippen MR) is 55.0 cm³/mol. The second-order valence-corrected chi connectivity index (χ2v) is 4.20. The molecule has 1 fully saturated rings. The van der Waals surface area contributed by atoms with Crippen LogP contribution in [0.15, 0.2) is 22.9 Å². The summed E-state index contributed by atoms with van der Waals surface area (Å²) in [6, 6.07) is 1.81. The zero-order valence-electron chi connectivity index (χ0n) is 7.77. The molecule has 0 radical (unpaired) electrons. The molecule has 1 aliphatic heterocycles. The van der Waals surface area contributed by atoms with Gasteiger partial charge >= 0.3 is 11.9 Å². The maximum Gasteiger partial charge on any atom is 0.314 e. The Balaban J connectivity index is 2.27. The van der Waals surface area contributed by atoms with E-state index in [1.807, 2.05) is 0 Å². The van der Waals surface area contributed by atoms with Crippen molar-refractivity contribution in [1.29, 1.82) is 0 Å². The summed E-state index contributed by atoms with van der Waals surface area (Å²) in [6.07, 6.45) is 3.78. The van der Waals surface area contributed by atoms with Crippen molar-refractivity contribution in [3.63, 3.8) is 0 Å². The van der Waals surface area contributed by atoms with Gasteiger partial charge in [-0.25, -0.2) is 0 Å². The molecule has 1 aromatic heterocycles. The Labute approximate surface area is 94.8 Å². The van der Waals surface area contributed by atoms with E-state index in [0.29, 0.717) is 0 Å². The summed E-state index contributed by atoms with van der Waals surface area (Å²) in [4.78, 5) is 26.1. The first kappa shape index (κ1) is 10.3. The van der Waals surface area contributed by atoms with Crippen molar-refractivity contribution in [2.24, 2.45) is 0 Å². The molecule has 2 heterocycles. The Bertz CT molecular complexity index is 403. The summed E-state index contributed by atoms with van der Waals surface area (Å²) in [5.41, 5.74) is 0.926. The van der Waals surface area contributed by atoms with Crippen molar-refractivity contribution in [3.8, 4) is 0 Å². The summed E-state index contributed by atoms with van der Waals surface area (Å²) >= 11 is 3.35. The summed E-state index contributed by atoms with van der Waals surface area (Å²) < 4.78 is 5.29. The van der Waals surface area contributed by atoms with Crippen LogP contribution in [0.5, 0.6) is 0 Å². The summed E-state index contributed by atoms with van der Waals surface area (Å²) in [6.45, 7) is 0. The lowest BCUT2D eigenvalue weighted by molar-refractivity contribution is -0.163. The first-order chi connectivity index (χ1) is 7.16. The van der Waals surface area contributed by atoms with Crippen molar-refractivity contribution >= 4 is 27.9 Å². The fourth-order valence-electron chi connectivity index (χ4n) is 1.62. The molecule has 4 nitrogen and oxygen atoms in total. The molecule has 2 rings (SSSR count). The van der Waals surface area contributed by atoms with Gasteiger partial charge in [0.1, 0.15) is 0 Å². The standard InChI is InChI=1S/C10H8BrNO3/c11-8-5-12-2-1-7(8)6-3-9(13)15-10(14)4-6/h1-2,5-6H,3-4H2. The van der Waals surface area contributed by atoms with E-state index in [1.54, 1.807) is 18.5 Å². The van der Waals surface area contributed by atoms with Crippen LogP contribution in [-0.4, -0.2) is 16.9 Å². The van der Waals surface area contributed by atoms with Gasteiger partial charge in [-0.3, -0.25) is 14.6 Å². The number of hydrogen-bond donors (Lipinski definition) is 0. The van der Waals surface area contributed by atoms with Gasteiger partial charge in [0.15, 0.2) is 0 Å². The number of aromatic nitrogens is 1. The quantitative estimate of drug-likeness (QED) is 0.576. The molecule has 78 valence electrons. The van der Waals surface area contributed by atoms with Crippen LogP contribution in [0.4, 0.5) is 0 Å². The maximum absolute atomic E-state index is 11.1. The van der Waals surface area contributed by atoms with Crippen LogP contribution in [0, 0.1) is 0 Å². The van der Waals surface area contributed by atoms with E-state index in [1.165, 1.54) is 0 Å². The summed E-state index contributed by atoms with van der Waals surface area (Å²) in [7, 11) is 0. The molecule has 0 atom stereocenters. The van der Waals surface area contributed by atoms with Crippen LogP contribution in [0.1, 0.15) is 24.3 Å². The maximum atomic E-state index is 11.1. The smallest absolute Gasteiger partial charge is 0.314 e. The fraction of sp³-hybridized carbons (Fsp3) is 0.300. The van der Waals surface area contributed by atoms with Gasteiger partial charge in [-0.2, -0.15) is 0 Å². The molecule has 0 saturated carbocycles. The van der Waals surface area contributed by atoms with Gasteiger partial charge < -0.3 is 4.74 Å². The van der Waals surface area contributed by atoms with E-state index in [0.717, 1.165) is 10.0 Å². The van der Waals surface area contributed by atoms with Crippen molar-refractivity contribution < 1.29 is 14.3 Å². The third-order valence-corrected chi connectivity index (χ3v) is 2.96. The molecule has 0 unspecified atom stereocenters. The highest BCUT2D eigenvalue weighted by molar-refractivity contribution is 9.10. The van der Waals surface area contributed by atoms with Gasteiger partial charge in [0.25, 0.3) is 0 Å². The number of carbonyl (C=O) groups is 2. The zero-order valence-corrected chi connectivity index (χ0v) is 9.36. The van der Waals surface area contributed by atoms with Crippen LogP contribution >= 0.6 is 15.9 Å². The molecular weight excluding hydrogens is 262 g/mol. The molecule has 0 aromatic carbocycles. The van der Waals surface area contributed by atoms with Crippen molar-refractivity contribution in [3.05, 3.63) is 28.5 Å². The van der Waals surface area contributed by atoms with Gasteiger partial charge in [0, 0.05) is 22.8 Å². The Morgan fingerprint density at radius 2 is 2.00 bits per heavy atom. The third kappa shape index (κ3) is 2.23. The Morgan fingerprint density at radius 1 is 1.33 bits per heavy atom. The van der Waals surface area contributed by atoms with Crippen LogP contribution in [-0.2, 0) is 14.3 Å². The normalized spacial score (nSPS) is 17.7. The highest BCUT2D eigenvalue weighted by Gasteiger charge is 2.29. The lowest BCUT2D eigenvalue weighted by Gasteiger charge is -2.20. The SMILES string of the molecule is O=C1CC(c2ccncc2Br)CC(=O)O1. The van der Waals surface area contributed by atoms with E-state index in [2.05, 4.69) is 25.7 Å². The van der Waals surface area contributed by atoms with Crippen LogP contribution in [0.25, 0.3) is 0 Å². The minimum Gasteiger partial charge on any atom is -0.393 e. The van der Waals surface area contributed by atoms with Crippen molar-refractivity contribution in [2.45, 2.75) is 18.8 Å². The number of nitrogens with zero attached hydrogens (tertiary/aromatic N) is 1. The van der Waals surface area contributed by atoms with E-state index in [4.69, 9.17) is 0 Å². The molecule has 1 aliphatic rings. The van der Waals surface area contributed by atoms with Crippen molar-refractivity contribution in [1.82, 2.24) is 4.98 Å². The van der Waals surface area contributed by atoms with Crippen LogP contribution in [0.2, 0.25) is 0 Å². The Morgan fingerprint density at radius 3 is 2.60 bits per heavy atom. The number of halogens is 1. The van der Waals surface area contributed by atoms with Crippen LogP contribution in [0.3, 0.4) is 0 Å². The predicted octanol–water partition coefficient (Wildman–Crippen LogP) is 1.79. The highest BCUT2D eigenvalue weighted by Crippen LogP contribution is 2.32. The minimum atomic E-state index is -0.458. The average molecular weight is 270 g/mol. The van der Waals surface area contributed by atoms with Gasteiger partial charge in [-0.1, -0.05) is 0 Å². The molecule has 5 heteroatoms. The topological polar surface area (TPSA) is 56.3 Å². The minimum absolute atomic E-state index is 0.101. The molecule has 1 aromatic rings. The van der Waals surface area contributed by atoms with Gasteiger partial charge in [0.05, 0.1) is 12.8 Å². The number of hydrogen-bond acceptors (Lipinski definition) is 4. The van der Waals surface area contributed by atoms with Gasteiger partial charge in [0.2, 0.25) is 0 Å². The molecule has 0 bridgehead atoms. The molecule has 0 N–H and O–H groups in total. The Hall–Kier alpha value is -1.23. The summed E-state index contributed by atoms with van der Waals surface area (Å²) in [5, 5.41) is 0. The second kappa shape index (κ2) is 4.10. The number of esters is 2. The van der Waals surface area contributed by atoms with E-state index in [-0.39, 0.29) is 18.8 Å². The monoisotopic (exact) mass is 269 g/mol. The number of cyclic esters (lactones) is 2. The number of pyridine rings is 1. The lowest BCUT2D eigenvalue weighted by Crippen LogP contribution is -2.24. The zero-order chi connectivity index (χ0) is 10.8. The molecular formula is C10H8BrNO3. The van der Waals surface area contributed by atoms with E-state index in [9.17, 15) is 9.59 Å². The van der Waals surface area contributed by atoms with Crippen molar-refractivity contribution in [2.75, 3.05) is 0 Å². The largest absolute Gasteiger partial charge is 0.393 e. The molecule has 1 saturated heterocycles. The molecule has 0 amide bonds. The molecule has 0 spiro atoms. The first-order valence-electron chi connectivity index (χ1n) is 4.49. The number of rotatable bonds is 1. The van der Waals surface area contributed by atoms with E-state index >= 15 is 0 Å². The van der Waals surface area contributed by atoms with Gasteiger partial charge in [-0.15, -0.1) is 0 Å². The third-order valence-electron chi connectivity index (χ3n) is 2.30. The first-order valence-corrected chi connectivity index (χ1v) is 5.29. The number of carbonyl (C=O) groups excluding carboxylic acids is 2. The van der Waals surface area contributed by atoms with E-state index < -0.39 is 11.9 Å². The highest BCUT2D eigenvalue weighted by atomic mass is 79.9. The summed E-state index contributed by atoms with van der Waals surface area (Å²) in [5.74, 6) is -1.02. The fourth-order valence-corrected chi connectivity index (χ4v) is 2.20. The number of ether oxygens (including phenoxy) is 1. The Kier molecular flexibility index (Phi) is 2.81. The van der Waals surface area contributed by atoms with Gasteiger partial charge in [-0.05, 0) is 27.6 Å². The molecule has 15 heavy (non-hydrogen) atoms. The lowest BCUT2D eigenvalue weighted by atomic mass is 9.92. The second-order valence-electron chi connectivity index (χ2n) is 3.35. The average Bonchev–Trinajstić information content (AvgIpc) is 2.16.